The van der Waals surface area contributed by atoms with Gasteiger partial charge in [-0.1, -0.05) is 23.4 Å². The Morgan fingerprint density at radius 3 is 2.53 bits per heavy atom. The van der Waals surface area contributed by atoms with Gasteiger partial charge in [-0.2, -0.15) is 13.2 Å². The van der Waals surface area contributed by atoms with E-state index in [1.165, 1.54) is 36.0 Å². The number of piperidine rings is 1. The summed E-state index contributed by atoms with van der Waals surface area (Å²) >= 11 is 1.33. The van der Waals surface area contributed by atoms with Gasteiger partial charge >= 0.3 is 6.18 Å². The van der Waals surface area contributed by atoms with Gasteiger partial charge in [-0.05, 0) is 66.3 Å². The Bertz CT molecular complexity index is 1040. The summed E-state index contributed by atoms with van der Waals surface area (Å²) in [5, 5.41) is 0. The Labute approximate surface area is 188 Å². The van der Waals surface area contributed by atoms with Crippen LogP contribution in [0.25, 0.3) is 5.57 Å². The fourth-order valence-corrected chi connectivity index (χ4v) is 5.71. The van der Waals surface area contributed by atoms with Crippen LogP contribution in [0.2, 0.25) is 0 Å². The maximum atomic E-state index is 13.9. The molecule has 0 spiro atoms. The molecule has 2 fully saturated rings. The topological polar surface area (TPSA) is 21.7 Å². The molecule has 1 atom stereocenters. The highest BCUT2D eigenvalue weighted by molar-refractivity contribution is 7.99. The number of nitrogens with zero attached hydrogens (tertiary/aromatic N) is 1. The third-order valence-electron chi connectivity index (χ3n) is 6.26. The SMILES string of the molecule is Fc1ccc2c(c1)Sc1ccc(C(F)(F)F)cc1C2=C1CCN(CC2CCOCO2)CC1. The zero-order valence-corrected chi connectivity index (χ0v) is 18.2. The van der Waals surface area contributed by atoms with Crippen LogP contribution in [0.1, 0.15) is 36.0 Å². The second kappa shape index (κ2) is 8.82. The molecule has 3 aliphatic rings. The first-order valence-corrected chi connectivity index (χ1v) is 11.5. The number of benzene rings is 2. The molecule has 0 amide bonds. The van der Waals surface area contributed by atoms with Crippen LogP contribution >= 0.6 is 11.8 Å². The zero-order chi connectivity index (χ0) is 22.3. The van der Waals surface area contributed by atoms with Crippen molar-refractivity contribution in [1.82, 2.24) is 4.90 Å². The summed E-state index contributed by atoms with van der Waals surface area (Å²) in [5.41, 5.74) is 2.72. The lowest BCUT2D eigenvalue weighted by Crippen LogP contribution is -2.40. The molecule has 32 heavy (non-hydrogen) atoms. The van der Waals surface area contributed by atoms with E-state index in [0.29, 0.717) is 19.0 Å². The molecule has 1 unspecified atom stereocenters. The lowest BCUT2D eigenvalue weighted by molar-refractivity contribution is -0.144. The maximum Gasteiger partial charge on any atom is 0.416 e. The fourth-order valence-electron chi connectivity index (χ4n) is 4.61. The standard InChI is InChI=1S/C24H23F4NO2S/c25-17-2-3-19-22(12-17)32-21-4-1-16(24(26,27)28)11-20(21)23(19)15-5-8-29(9-6-15)13-18-7-10-30-14-31-18/h1-4,11-12,18H,5-10,13-14H2. The van der Waals surface area contributed by atoms with E-state index >= 15 is 0 Å². The summed E-state index contributed by atoms with van der Waals surface area (Å²) in [5.74, 6) is -0.345. The molecular weight excluding hydrogens is 442 g/mol. The van der Waals surface area contributed by atoms with Crippen LogP contribution < -0.4 is 0 Å². The van der Waals surface area contributed by atoms with Gasteiger partial charge in [0.1, 0.15) is 12.6 Å². The Morgan fingerprint density at radius 1 is 1.00 bits per heavy atom. The molecule has 0 radical (unpaired) electrons. The maximum absolute atomic E-state index is 13.9. The second-order valence-electron chi connectivity index (χ2n) is 8.33. The normalized spacial score (nSPS) is 21.9. The summed E-state index contributed by atoms with van der Waals surface area (Å²) in [6, 6.07) is 8.42. The third-order valence-corrected chi connectivity index (χ3v) is 7.39. The van der Waals surface area contributed by atoms with E-state index in [2.05, 4.69) is 4.90 Å². The first-order chi connectivity index (χ1) is 15.4. The predicted molar refractivity (Wildman–Crippen MR) is 114 cm³/mol. The van der Waals surface area contributed by atoms with E-state index in [-0.39, 0.29) is 11.9 Å². The van der Waals surface area contributed by atoms with E-state index in [0.717, 1.165) is 71.5 Å². The van der Waals surface area contributed by atoms with Crippen LogP contribution in [-0.4, -0.2) is 44.0 Å². The molecular formula is C24H23F4NO2S. The summed E-state index contributed by atoms with van der Waals surface area (Å²) < 4.78 is 65.2. The molecule has 2 aromatic rings. The smallest absolute Gasteiger partial charge is 0.355 e. The first kappa shape index (κ1) is 21.9. The summed E-state index contributed by atoms with van der Waals surface area (Å²) in [6.07, 6.45) is -1.87. The van der Waals surface area contributed by atoms with Gasteiger partial charge in [0.25, 0.3) is 0 Å². The molecule has 0 N–H and O–H groups in total. The Balaban J connectivity index is 1.48. The average Bonchev–Trinajstić information content (AvgIpc) is 2.78. The van der Waals surface area contributed by atoms with E-state index in [4.69, 9.17) is 9.47 Å². The minimum Gasteiger partial charge on any atom is -0.355 e. The van der Waals surface area contributed by atoms with Crippen molar-refractivity contribution < 1.29 is 27.0 Å². The Hall–Kier alpha value is -1.87. The van der Waals surface area contributed by atoms with E-state index < -0.39 is 11.7 Å². The van der Waals surface area contributed by atoms with Gasteiger partial charge in [0.05, 0.1) is 18.3 Å². The van der Waals surface area contributed by atoms with Gasteiger partial charge in [0.2, 0.25) is 0 Å². The monoisotopic (exact) mass is 465 g/mol. The van der Waals surface area contributed by atoms with Crippen molar-refractivity contribution in [2.24, 2.45) is 0 Å². The fraction of sp³-hybridized carbons (Fsp3) is 0.417. The minimum absolute atomic E-state index is 0.155. The van der Waals surface area contributed by atoms with Gasteiger partial charge < -0.3 is 14.4 Å². The highest BCUT2D eigenvalue weighted by atomic mass is 32.2. The number of hydrogen-bond donors (Lipinski definition) is 0. The van der Waals surface area contributed by atoms with Crippen molar-refractivity contribution in [2.75, 3.05) is 33.0 Å². The molecule has 0 saturated carbocycles. The lowest BCUT2D eigenvalue weighted by Gasteiger charge is -2.35. The Morgan fingerprint density at radius 2 is 1.81 bits per heavy atom. The first-order valence-electron chi connectivity index (χ1n) is 10.7. The minimum atomic E-state index is -4.41. The van der Waals surface area contributed by atoms with Crippen molar-refractivity contribution in [2.45, 2.75) is 41.3 Å². The number of halogens is 4. The van der Waals surface area contributed by atoms with Crippen LogP contribution in [0.4, 0.5) is 17.6 Å². The largest absolute Gasteiger partial charge is 0.416 e. The molecule has 3 nitrogen and oxygen atoms in total. The molecule has 3 heterocycles. The number of likely N-dealkylation sites (tertiary alicyclic amines) is 1. The second-order valence-corrected chi connectivity index (χ2v) is 9.42. The van der Waals surface area contributed by atoms with Gasteiger partial charge in [-0.25, -0.2) is 4.39 Å². The summed E-state index contributed by atoms with van der Waals surface area (Å²) in [4.78, 5) is 3.82. The van der Waals surface area contributed by atoms with Gasteiger partial charge in [0.15, 0.2) is 0 Å². The number of alkyl halides is 3. The highest BCUT2D eigenvalue weighted by Gasteiger charge is 2.34. The molecule has 2 saturated heterocycles. The number of hydrogen-bond acceptors (Lipinski definition) is 4. The van der Waals surface area contributed by atoms with E-state index in [1.54, 1.807) is 6.07 Å². The van der Waals surface area contributed by atoms with Crippen molar-refractivity contribution in [1.29, 1.82) is 0 Å². The average molecular weight is 466 g/mol. The van der Waals surface area contributed by atoms with E-state index in [1.807, 2.05) is 0 Å². The van der Waals surface area contributed by atoms with Crippen LogP contribution in [0.3, 0.4) is 0 Å². The van der Waals surface area contributed by atoms with Crippen molar-refractivity contribution in [3.8, 4) is 0 Å². The molecule has 2 aromatic carbocycles. The van der Waals surface area contributed by atoms with Crippen LogP contribution in [0.15, 0.2) is 51.8 Å². The third kappa shape index (κ3) is 4.46. The molecule has 5 rings (SSSR count). The van der Waals surface area contributed by atoms with Crippen LogP contribution in [0.5, 0.6) is 0 Å². The van der Waals surface area contributed by atoms with Crippen molar-refractivity contribution >= 4 is 17.3 Å². The molecule has 0 bridgehead atoms. The lowest BCUT2D eigenvalue weighted by atomic mass is 9.87. The zero-order valence-electron chi connectivity index (χ0n) is 17.4. The molecule has 0 aliphatic carbocycles. The van der Waals surface area contributed by atoms with Gasteiger partial charge in [-0.3, -0.25) is 0 Å². The Kier molecular flexibility index (Phi) is 6.05. The summed E-state index contributed by atoms with van der Waals surface area (Å²) in [6.45, 7) is 3.50. The molecule has 0 aromatic heterocycles. The molecule has 170 valence electrons. The number of ether oxygens (including phenoxy) is 2. The van der Waals surface area contributed by atoms with Gasteiger partial charge in [-0.15, -0.1) is 0 Å². The van der Waals surface area contributed by atoms with Crippen molar-refractivity contribution in [3.63, 3.8) is 0 Å². The van der Waals surface area contributed by atoms with E-state index in [9.17, 15) is 17.6 Å². The molecule has 8 heteroatoms. The van der Waals surface area contributed by atoms with Gasteiger partial charge in [0, 0.05) is 29.4 Å². The highest BCUT2D eigenvalue weighted by Crippen LogP contribution is 2.49. The molecule has 3 aliphatic heterocycles. The quantitative estimate of drug-likeness (QED) is 0.435. The van der Waals surface area contributed by atoms with Crippen molar-refractivity contribution in [3.05, 3.63) is 64.5 Å². The summed E-state index contributed by atoms with van der Waals surface area (Å²) in [7, 11) is 0. The van der Waals surface area contributed by atoms with Crippen LogP contribution in [0, 0.1) is 5.82 Å². The predicted octanol–water partition coefficient (Wildman–Crippen LogP) is 5.97. The van der Waals surface area contributed by atoms with Crippen LogP contribution in [-0.2, 0) is 15.7 Å². The number of fused-ring (bicyclic) bond motifs is 2. The number of rotatable bonds is 2.